The first-order valence-corrected chi connectivity index (χ1v) is 3.96. The standard InChI is InChI=1S/C9H9N3O/c1-2-5-12-6-11-8-7(9(12)13)3-4-10-8/h2-4,6,10H,1,5H2. The molecule has 4 nitrogen and oxygen atoms in total. The monoisotopic (exact) mass is 175 g/mol. The van der Waals surface area contributed by atoms with Crippen molar-refractivity contribution in [3.05, 3.63) is 41.6 Å². The highest BCUT2D eigenvalue weighted by molar-refractivity contribution is 5.73. The summed E-state index contributed by atoms with van der Waals surface area (Å²) in [7, 11) is 0. The number of aromatic nitrogens is 3. The number of nitrogens with zero attached hydrogens (tertiary/aromatic N) is 2. The topological polar surface area (TPSA) is 50.7 Å². The van der Waals surface area contributed by atoms with Gasteiger partial charge >= 0.3 is 0 Å². The molecule has 2 aromatic heterocycles. The molecule has 0 atom stereocenters. The van der Waals surface area contributed by atoms with Crippen LogP contribution in [0.3, 0.4) is 0 Å². The summed E-state index contributed by atoms with van der Waals surface area (Å²) < 4.78 is 1.52. The molecule has 4 heteroatoms. The number of fused-ring (bicyclic) bond motifs is 1. The molecule has 0 spiro atoms. The van der Waals surface area contributed by atoms with Crippen LogP contribution in [0, 0.1) is 0 Å². The maximum atomic E-state index is 11.6. The summed E-state index contributed by atoms with van der Waals surface area (Å²) >= 11 is 0. The van der Waals surface area contributed by atoms with Gasteiger partial charge < -0.3 is 4.98 Å². The molecule has 0 amide bonds. The van der Waals surface area contributed by atoms with Gasteiger partial charge in [0.15, 0.2) is 0 Å². The average molecular weight is 175 g/mol. The fourth-order valence-electron chi connectivity index (χ4n) is 1.24. The SMILES string of the molecule is C=CCn1cnc2[nH]ccc2c1=O. The highest BCUT2D eigenvalue weighted by Gasteiger charge is 2.02. The van der Waals surface area contributed by atoms with Crippen LogP contribution in [-0.4, -0.2) is 14.5 Å². The van der Waals surface area contributed by atoms with Crippen LogP contribution in [0.25, 0.3) is 11.0 Å². The third kappa shape index (κ3) is 1.16. The van der Waals surface area contributed by atoms with Crippen molar-refractivity contribution in [2.24, 2.45) is 0 Å². The zero-order valence-corrected chi connectivity index (χ0v) is 7.03. The van der Waals surface area contributed by atoms with Crippen molar-refractivity contribution < 1.29 is 0 Å². The zero-order chi connectivity index (χ0) is 9.26. The van der Waals surface area contributed by atoms with E-state index in [0.29, 0.717) is 17.6 Å². The fraction of sp³-hybridized carbons (Fsp3) is 0.111. The molecule has 0 aliphatic heterocycles. The lowest BCUT2D eigenvalue weighted by atomic mass is 10.4. The maximum Gasteiger partial charge on any atom is 0.263 e. The van der Waals surface area contributed by atoms with Crippen LogP contribution in [0.15, 0.2) is 36.0 Å². The molecule has 0 radical (unpaired) electrons. The van der Waals surface area contributed by atoms with Crippen LogP contribution in [0.1, 0.15) is 0 Å². The quantitative estimate of drug-likeness (QED) is 0.690. The molecule has 0 aliphatic carbocycles. The van der Waals surface area contributed by atoms with Crippen LogP contribution >= 0.6 is 0 Å². The lowest BCUT2D eigenvalue weighted by molar-refractivity contribution is 0.767. The number of hydrogen-bond donors (Lipinski definition) is 1. The van der Waals surface area contributed by atoms with E-state index in [-0.39, 0.29) is 5.56 Å². The minimum absolute atomic E-state index is 0.0360. The number of nitrogens with one attached hydrogen (secondary N) is 1. The number of H-pyrrole nitrogens is 1. The highest BCUT2D eigenvalue weighted by atomic mass is 16.1. The summed E-state index contributed by atoms with van der Waals surface area (Å²) in [5.41, 5.74) is 0.594. The molecule has 66 valence electrons. The van der Waals surface area contributed by atoms with Gasteiger partial charge in [0.05, 0.1) is 5.39 Å². The maximum absolute atomic E-state index is 11.6. The summed E-state index contributed by atoms with van der Waals surface area (Å²) in [4.78, 5) is 18.6. The van der Waals surface area contributed by atoms with E-state index in [1.807, 2.05) is 0 Å². The van der Waals surface area contributed by atoms with Gasteiger partial charge in [-0.2, -0.15) is 0 Å². The van der Waals surface area contributed by atoms with Gasteiger partial charge in [-0.3, -0.25) is 9.36 Å². The van der Waals surface area contributed by atoms with Crippen molar-refractivity contribution in [1.29, 1.82) is 0 Å². The van der Waals surface area contributed by atoms with Gasteiger partial charge in [0.2, 0.25) is 0 Å². The van der Waals surface area contributed by atoms with Gasteiger partial charge in [0.25, 0.3) is 5.56 Å². The van der Waals surface area contributed by atoms with Crippen LogP contribution in [0.4, 0.5) is 0 Å². The van der Waals surface area contributed by atoms with Crippen molar-refractivity contribution in [1.82, 2.24) is 14.5 Å². The first-order valence-electron chi connectivity index (χ1n) is 3.96. The lowest BCUT2D eigenvalue weighted by Gasteiger charge is -1.99. The molecule has 2 rings (SSSR count). The van der Waals surface area contributed by atoms with Gasteiger partial charge in [-0.1, -0.05) is 6.08 Å². The molecule has 0 aliphatic rings. The Hall–Kier alpha value is -1.84. The van der Waals surface area contributed by atoms with E-state index in [1.54, 1.807) is 18.3 Å². The van der Waals surface area contributed by atoms with E-state index in [9.17, 15) is 4.79 Å². The van der Waals surface area contributed by atoms with E-state index >= 15 is 0 Å². The Balaban J connectivity index is 2.73. The second kappa shape index (κ2) is 2.90. The van der Waals surface area contributed by atoms with Crippen molar-refractivity contribution in [3.8, 4) is 0 Å². The fourth-order valence-corrected chi connectivity index (χ4v) is 1.24. The molecule has 1 N–H and O–H groups in total. The molecule has 0 aromatic carbocycles. The number of hydrogen-bond acceptors (Lipinski definition) is 2. The second-order valence-corrected chi connectivity index (χ2v) is 2.73. The van der Waals surface area contributed by atoms with E-state index in [4.69, 9.17) is 0 Å². The molecule has 0 unspecified atom stereocenters. The first kappa shape index (κ1) is 7.79. The Labute approximate surface area is 74.5 Å². The summed E-state index contributed by atoms with van der Waals surface area (Å²) in [6, 6.07) is 1.73. The normalized spacial score (nSPS) is 10.5. The van der Waals surface area contributed by atoms with Crippen LogP contribution in [-0.2, 0) is 6.54 Å². The molecule has 2 aromatic rings. The van der Waals surface area contributed by atoms with Crippen LogP contribution in [0.5, 0.6) is 0 Å². The molecular formula is C9H9N3O. The van der Waals surface area contributed by atoms with Gasteiger partial charge in [0, 0.05) is 12.7 Å². The summed E-state index contributed by atoms with van der Waals surface area (Å²) in [6.07, 6.45) is 4.89. The van der Waals surface area contributed by atoms with E-state index < -0.39 is 0 Å². The minimum atomic E-state index is -0.0360. The lowest BCUT2D eigenvalue weighted by Crippen LogP contribution is -2.19. The number of rotatable bonds is 2. The van der Waals surface area contributed by atoms with Gasteiger partial charge in [0.1, 0.15) is 12.0 Å². The molecule has 0 saturated heterocycles. The zero-order valence-electron chi connectivity index (χ0n) is 7.03. The predicted octanol–water partition coefficient (Wildman–Crippen LogP) is 0.911. The number of allylic oxidation sites excluding steroid dienone is 1. The number of aromatic amines is 1. The third-order valence-electron chi connectivity index (χ3n) is 1.87. The van der Waals surface area contributed by atoms with Crippen molar-refractivity contribution >= 4 is 11.0 Å². The van der Waals surface area contributed by atoms with Crippen LogP contribution in [0.2, 0.25) is 0 Å². The molecule has 2 heterocycles. The molecule has 13 heavy (non-hydrogen) atoms. The Kier molecular flexibility index (Phi) is 1.73. The molecular weight excluding hydrogens is 166 g/mol. The molecule has 0 fully saturated rings. The Bertz CT molecular complexity index is 495. The van der Waals surface area contributed by atoms with Crippen molar-refractivity contribution in [2.45, 2.75) is 6.54 Å². The van der Waals surface area contributed by atoms with E-state index in [2.05, 4.69) is 16.5 Å². The third-order valence-corrected chi connectivity index (χ3v) is 1.87. The van der Waals surface area contributed by atoms with Gasteiger partial charge in [-0.05, 0) is 6.07 Å². The van der Waals surface area contributed by atoms with E-state index in [0.717, 1.165) is 0 Å². The average Bonchev–Trinajstić information content (AvgIpc) is 2.58. The van der Waals surface area contributed by atoms with Crippen LogP contribution < -0.4 is 5.56 Å². The second-order valence-electron chi connectivity index (χ2n) is 2.73. The Morgan fingerprint density at radius 1 is 1.69 bits per heavy atom. The molecule has 0 bridgehead atoms. The van der Waals surface area contributed by atoms with Gasteiger partial charge in [-0.25, -0.2) is 4.98 Å². The van der Waals surface area contributed by atoms with E-state index in [1.165, 1.54) is 10.9 Å². The Morgan fingerprint density at radius 2 is 2.54 bits per heavy atom. The summed E-state index contributed by atoms with van der Waals surface area (Å²) in [5.74, 6) is 0. The Morgan fingerprint density at radius 3 is 3.31 bits per heavy atom. The smallest absolute Gasteiger partial charge is 0.263 e. The van der Waals surface area contributed by atoms with Crippen molar-refractivity contribution in [3.63, 3.8) is 0 Å². The van der Waals surface area contributed by atoms with Crippen molar-refractivity contribution in [2.75, 3.05) is 0 Å². The van der Waals surface area contributed by atoms with Gasteiger partial charge in [-0.15, -0.1) is 6.58 Å². The predicted molar refractivity (Wildman–Crippen MR) is 50.6 cm³/mol. The minimum Gasteiger partial charge on any atom is -0.346 e. The highest BCUT2D eigenvalue weighted by Crippen LogP contribution is 2.01. The summed E-state index contributed by atoms with van der Waals surface area (Å²) in [6.45, 7) is 4.06. The first-order chi connectivity index (χ1) is 6.33. The molecule has 0 saturated carbocycles. The summed E-state index contributed by atoms with van der Waals surface area (Å²) in [5, 5.41) is 0.615. The largest absolute Gasteiger partial charge is 0.346 e.